The van der Waals surface area contributed by atoms with Gasteiger partial charge >= 0.3 is 0 Å². The molecule has 1 aromatic rings. The molecule has 0 aliphatic carbocycles. The van der Waals surface area contributed by atoms with E-state index in [0.29, 0.717) is 13.1 Å². The summed E-state index contributed by atoms with van der Waals surface area (Å²) in [5, 5.41) is 0. The zero-order chi connectivity index (χ0) is 13.3. The minimum Gasteiger partial charge on any atom is -0.370 e. The molecule has 0 spiro atoms. The van der Waals surface area contributed by atoms with E-state index in [0.717, 1.165) is 28.7 Å². The molecule has 5 heteroatoms. The van der Waals surface area contributed by atoms with E-state index in [9.17, 15) is 4.79 Å². The van der Waals surface area contributed by atoms with Crippen LogP contribution in [0.25, 0.3) is 0 Å². The van der Waals surface area contributed by atoms with Gasteiger partial charge in [-0.05, 0) is 31.0 Å². The number of amides is 1. The van der Waals surface area contributed by atoms with Crippen LogP contribution in [0.1, 0.15) is 18.9 Å². The highest BCUT2D eigenvalue weighted by Gasteiger charge is 2.38. The number of hydrogen-bond acceptors (Lipinski definition) is 3. The van der Waals surface area contributed by atoms with Crippen molar-refractivity contribution in [1.29, 1.82) is 0 Å². The number of halogens is 1. The topological polar surface area (TPSA) is 72.4 Å². The van der Waals surface area contributed by atoms with Crippen LogP contribution in [0.5, 0.6) is 0 Å². The molecule has 2 rings (SSSR count). The molecule has 0 saturated carbocycles. The van der Waals surface area contributed by atoms with Gasteiger partial charge in [-0.15, -0.1) is 0 Å². The maximum atomic E-state index is 11.4. The minimum atomic E-state index is -0.418. The molecular weight excluding hydrogens is 294 g/mol. The van der Waals surface area contributed by atoms with Crippen molar-refractivity contribution < 1.29 is 4.79 Å². The van der Waals surface area contributed by atoms with Gasteiger partial charge in [-0.1, -0.05) is 22.0 Å². The highest BCUT2D eigenvalue weighted by molar-refractivity contribution is 9.10. The second kappa shape index (κ2) is 4.90. The van der Waals surface area contributed by atoms with Crippen molar-refractivity contribution in [2.24, 2.45) is 16.9 Å². The van der Waals surface area contributed by atoms with E-state index in [4.69, 9.17) is 11.5 Å². The SMILES string of the molecule is CC1(C(N)=O)CCN(c2ccc(CN)c(Br)c2)C1. The van der Waals surface area contributed by atoms with Crippen molar-refractivity contribution in [1.82, 2.24) is 0 Å². The number of nitrogens with two attached hydrogens (primary N) is 2. The molecule has 1 atom stereocenters. The molecule has 1 aliphatic rings. The molecular formula is C13H18BrN3O. The summed E-state index contributed by atoms with van der Waals surface area (Å²) in [5.74, 6) is -0.220. The fourth-order valence-corrected chi connectivity index (χ4v) is 2.81. The van der Waals surface area contributed by atoms with Crippen molar-refractivity contribution in [2.75, 3.05) is 18.0 Å². The Labute approximate surface area is 115 Å². The summed E-state index contributed by atoms with van der Waals surface area (Å²) < 4.78 is 1.01. The molecule has 1 heterocycles. The zero-order valence-electron chi connectivity index (χ0n) is 10.4. The van der Waals surface area contributed by atoms with Gasteiger partial charge in [-0.3, -0.25) is 4.79 Å². The first-order valence-electron chi connectivity index (χ1n) is 5.99. The van der Waals surface area contributed by atoms with Crippen LogP contribution in [-0.2, 0) is 11.3 Å². The molecule has 1 aliphatic heterocycles. The lowest BCUT2D eigenvalue weighted by Gasteiger charge is -2.23. The largest absolute Gasteiger partial charge is 0.370 e. The van der Waals surface area contributed by atoms with E-state index < -0.39 is 5.41 Å². The number of carbonyl (C=O) groups excluding carboxylic acids is 1. The molecule has 1 aromatic carbocycles. The molecule has 0 radical (unpaired) electrons. The summed E-state index contributed by atoms with van der Waals surface area (Å²) in [6.07, 6.45) is 0.804. The van der Waals surface area contributed by atoms with Crippen LogP contribution in [0.2, 0.25) is 0 Å². The quantitative estimate of drug-likeness (QED) is 0.890. The number of primary amides is 1. The highest BCUT2D eigenvalue weighted by Crippen LogP contribution is 2.34. The maximum absolute atomic E-state index is 11.4. The van der Waals surface area contributed by atoms with Crippen LogP contribution in [-0.4, -0.2) is 19.0 Å². The van der Waals surface area contributed by atoms with Crippen molar-refractivity contribution >= 4 is 27.5 Å². The molecule has 1 saturated heterocycles. The normalized spacial score (nSPS) is 23.4. The third kappa shape index (κ3) is 2.37. The first-order valence-corrected chi connectivity index (χ1v) is 6.79. The Hall–Kier alpha value is -1.07. The van der Waals surface area contributed by atoms with E-state index in [1.54, 1.807) is 0 Å². The smallest absolute Gasteiger partial charge is 0.225 e. The summed E-state index contributed by atoms with van der Waals surface area (Å²) in [4.78, 5) is 13.6. The molecule has 18 heavy (non-hydrogen) atoms. The molecule has 1 fully saturated rings. The van der Waals surface area contributed by atoms with Crippen LogP contribution >= 0.6 is 15.9 Å². The third-order valence-corrected chi connectivity index (χ3v) is 4.43. The Morgan fingerprint density at radius 3 is 2.78 bits per heavy atom. The van der Waals surface area contributed by atoms with Gasteiger partial charge in [-0.2, -0.15) is 0 Å². The van der Waals surface area contributed by atoms with Gasteiger partial charge in [0.15, 0.2) is 0 Å². The third-order valence-electron chi connectivity index (χ3n) is 3.69. The van der Waals surface area contributed by atoms with E-state index in [1.807, 2.05) is 19.1 Å². The van der Waals surface area contributed by atoms with E-state index in [2.05, 4.69) is 26.9 Å². The predicted molar refractivity (Wildman–Crippen MR) is 76.2 cm³/mol. The first-order chi connectivity index (χ1) is 8.46. The lowest BCUT2D eigenvalue weighted by atomic mass is 9.89. The van der Waals surface area contributed by atoms with Crippen LogP contribution in [0, 0.1) is 5.41 Å². The molecule has 4 nitrogen and oxygen atoms in total. The second-order valence-corrected chi connectivity index (χ2v) is 5.93. The Bertz CT molecular complexity index is 477. The molecule has 0 aromatic heterocycles. The van der Waals surface area contributed by atoms with Gasteiger partial charge < -0.3 is 16.4 Å². The van der Waals surface area contributed by atoms with Gasteiger partial charge in [0, 0.05) is 29.8 Å². The monoisotopic (exact) mass is 311 g/mol. The second-order valence-electron chi connectivity index (χ2n) is 5.08. The fourth-order valence-electron chi connectivity index (χ4n) is 2.28. The van der Waals surface area contributed by atoms with Crippen LogP contribution in [0.3, 0.4) is 0 Å². The van der Waals surface area contributed by atoms with E-state index in [-0.39, 0.29) is 5.91 Å². The van der Waals surface area contributed by atoms with Crippen molar-refractivity contribution in [2.45, 2.75) is 19.9 Å². The Morgan fingerprint density at radius 2 is 2.28 bits per heavy atom. The molecule has 98 valence electrons. The maximum Gasteiger partial charge on any atom is 0.225 e. The van der Waals surface area contributed by atoms with Gasteiger partial charge in [0.05, 0.1) is 5.41 Å². The number of rotatable bonds is 3. The van der Waals surface area contributed by atoms with E-state index >= 15 is 0 Å². The summed E-state index contributed by atoms with van der Waals surface area (Å²) in [7, 11) is 0. The van der Waals surface area contributed by atoms with Crippen LogP contribution in [0.15, 0.2) is 22.7 Å². The van der Waals surface area contributed by atoms with Gasteiger partial charge in [0.25, 0.3) is 0 Å². The predicted octanol–water partition coefficient (Wildman–Crippen LogP) is 1.61. The summed E-state index contributed by atoms with van der Waals surface area (Å²) in [6.45, 7) is 3.98. The van der Waals surface area contributed by atoms with Crippen molar-refractivity contribution in [3.05, 3.63) is 28.2 Å². The molecule has 4 N–H and O–H groups in total. The number of anilines is 1. The number of hydrogen-bond donors (Lipinski definition) is 2. The zero-order valence-corrected chi connectivity index (χ0v) is 12.0. The minimum absolute atomic E-state index is 0.220. The molecule has 0 bridgehead atoms. The Balaban J connectivity index is 2.19. The summed E-state index contributed by atoms with van der Waals surface area (Å²) >= 11 is 3.51. The molecule has 1 amide bonds. The number of benzene rings is 1. The van der Waals surface area contributed by atoms with Gasteiger partial charge in [0.2, 0.25) is 5.91 Å². The summed E-state index contributed by atoms with van der Waals surface area (Å²) in [5.41, 5.74) is 12.9. The van der Waals surface area contributed by atoms with Gasteiger partial charge in [-0.25, -0.2) is 0 Å². The summed E-state index contributed by atoms with van der Waals surface area (Å²) in [6, 6.07) is 6.11. The highest BCUT2D eigenvalue weighted by atomic mass is 79.9. The average Bonchev–Trinajstić information content (AvgIpc) is 2.73. The Kier molecular flexibility index (Phi) is 3.64. The average molecular weight is 312 g/mol. The van der Waals surface area contributed by atoms with Crippen LogP contribution < -0.4 is 16.4 Å². The van der Waals surface area contributed by atoms with Crippen LogP contribution in [0.4, 0.5) is 5.69 Å². The van der Waals surface area contributed by atoms with Gasteiger partial charge in [0.1, 0.15) is 0 Å². The van der Waals surface area contributed by atoms with E-state index in [1.165, 1.54) is 0 Å². The standard InChI is InChI=1S/C13H18BrN3O/c1-13(12(16)18)4-5-17(8-13)10-3-2-9(7-15)11(14)6-10/h2-3,6H,4-5,7-8,15H2,1H3,(H2,16,18). The lowest BCUT2D eigenvalue weighted by molar-refractivity contribution is -0.125. The lowest BCUT2D eigenvalue weighted by Crippen LogP contribution is -2.37. The van der Waals surface area contributed by atoms with Crippen molar-refractivity contribution in [3.63, 3.8) is 0 Å². The molecule has 1 unspecified atom stereocenters. The fraction of sp³-hybridized carbons (Fsp3) is 0.462. The number of nitrogens with zero attached hydrogens (tertiary/aromatic N) is 1. The number of carbonyl (C=O) groups is 1. The first kappa shape index (κ1) is 13.4. The van der Waals surface area contributed by atoms with Crippen molar-refractivity contribution in [3.8, 4) is 0 Å². The Morgan fingerprint density at radius 1 is 1.56 bits per heavy atom.